The van der Waals surface area contributed by atoms with Crippen LogP contribution in [0.3, 0.4) is 0 Å². The van der Waals surface area contributed by atoms with Gasteiger partial charge in [0.1, 0.15) is 6.26 Å². The first-order valence-corrected chi connectivity index (χ1v) is 5.68. The Labute approximate surface area is 93.1 Å². The highest BCUT2D eigenvalue weighted by Crippen LogP contribution is 2.39. The summed E-state index contributed by atoms with van der Waals surface area (Å²) in [7, 11) is 0. The summed E-state index contributed by atoms with van der Waals surface area (Å²) in [4.78, 5) is 16.7. The summed E-state index contributed by atoms with van der Waals surface area (Å²) in [6, 6.07) is 0.465. The zero-order valence-corrected chi connectivity index (χ0v) is 8.93. The summed E-state index contributed by atoms with van der Waals surface area (Å²) >= 11 is 0. The molecule has 2 fully saturated rings. The lowest BCUT2D eigenvalue weighted by molar-refractivity contribution is 0.0690. The highest BCUT2D eigenvalue weighted by Gasteiger charge is 2.37. The van der Waals surface area contributed by atoms with Crippen molar-refractivity contribution in [2.24, 2.45) is 11.8 Å². The van der Waals surface area contributed by atoms with Crippen LogP contribution in [0.2, 0.25) is 0 Å². The van der Waals surface area contributed by atoms with Crippen LogP contribution in [0.25, 0.3) is 0 Å². The molecule has 1 aliphatic carbocycles. The van der Waals surface area contributed by atoms with Gasteiger partial charge in [-0.05, 0) is 24.7 Å². The number of nitrogens with zero attached hydrogens (tertiary/aromatic N) is 2. The van der Waals surface area contributed by atoms with Crippen LogP contribution in [0.5, 0.6) is 0 Å². The molecule has 2 aliphatic rings. The molecule has 0 radical (unpaired) electrons. The van der Waals surface area contributed by atoms with Crippen LogP contribution in [0, 0.1) is 11.8 Å². The van der Waals surface area contributed by atoms with E-state index in [1.54, 1.807) is 0 Å². The second-order valence-electron chi connectivity index (χ2n) is 4.68. The molecule has 2 heterocycles. The van der Waals surface area contributed by atoms with E-state index in [2.05, 4.69) is 9.88 Å². The third kappa shape index (κ3) is 1.47. The van der Waals surface area contributed by atoms with Crippen LogP contribution < -0.4 is 4.90 Å². The standard InChI is InChI=1S/C11H14N2O3/c14-10(15)9-6-16-11(12-9)13-4-7-2-1-3-8(7)5-13/h6-8H,1-5H2,(H,14,15). The van der Waals surface area contributed by atoms with Gasteiger partial charge >= 0.3 is 5.97 Å². The minimum atomic E-state index is -1.03. The van der Waals surface area contributed by atoms with E-state index < -0.39 is 5.97 Å². The summed E-state index contributed by atoms with van der Waals surface area (Å²) in [5.41, 5.74) is -0.00735. The molecule has 1 N–H and O–H groups in total. The average Bonchev–Trinajstić information content (AvgIpc) is 2.91. The van der Waals surface area contributed by atoms with Gasteiger partial charge in [0, 0.05) is 13.1 Å². The first-order chi connectivity index (χ1) is 7.74. The summed E-state index contributed by atoms with van der Waals surface area (Å²) < 4.78 is 5.21. The van der Waals surface area contributed by atoms with Crippen LogP contribution in [0.15, 0.2) is 10.7 Å². The third-order valence-electron chi connectivity index (χ3n) is 3.71. The second-order valence-corrected chi connectivity index (χ2v) is 4.68. The van der Waals surface area contributed by atoms with Gasteiger partial charge < -0.3 is 14.4 Å². The van der Waals surface area contributed by atoms with Crippen LogP contribution in [-0.4, -0.2) is 29.1 Å². The van der Waals surface area contributed by atoms with E-state index in [4.69, 9.17) is 9.52 Å². The van der Waals surface area contributed by atoms with Crippen molar-refractivity contribution in [3.8, 4) is 0 Å². The predicted octanol–water partition coefficient (Wildman–Crippen LogP) is 1.61. The maximum atomic E-state index is 10.7. The van der Waals surface area contributed by atoms with E-state index in [1.807, 2.05) is 0 Å². The second kappa shape index (κ2) is 3.50. The lowest BCUT2D eigenvalue weighted by Gasteiger charge is -2.13. The molecule has 0 aromatic carbocycles. The quantitative estimate of drug-likeness (QED) is 0.823. The van der Waals surface area contributed by atoms with Gasteiger partial charge in [-0.1, -0.05) is 6.42 Å². The van der Waals surface area contributed by atoms with Crippen LogP contribution in [0.1, 0.15) is 29.8 Å². The Balaban J connectivity index is 1.76. The van der Waals surface area contributed by atoms with Crippen molar-refractivity contribution in [3.05, 3.63) is 12.0 Å². The predicted molar refractivity (Wildman–Crippen MR) is 56.5 cm³/mol. The number of hydrogen-bond acceptors (Lipinski definition) is 4. The first kappa shape index (κ1) is 9.69. The van der Waals surface area contributed by atoms with Gasteiger partial charge in [-0.3, -0.25) is 0 Å². The lowest BCUT2D eigenvalue weighted by Crippen LogP contribution is -2.21. The number of oxazole rings is 1. The molecule has 1 saturated carbocycles. The third-order valence-corrected chi connectivity index (χ3v) is 3.71. The minimum absolute atomic E-state index is 0.00735. The summed E-state index contributed by atoms with van der Waals surface area (Å²) in [6.07, 6.45) is 5.11. The fourth-order valence-electron chi connectivity index (χ4n) is 2.90. The number of hydrogen-bond donors (Lipinski definition) is 1. The van der Waals surface area contributed by atoms with Crippen molar-refractivity contribution in [1.82, 2.24) is 4.98 Å². The summed E-state index contributed by atoms with van der Waals surface area (Å²) in [5, 5.41) is 8.76. The Morgan fingerprint density at radius 3 is 2.69 bits per heavy atom. The molecule has 5 heteroatoms. The Bertz CT molecular complexity index is 403. The number of aromatic nitrogens is 1. The zero-order valence-electron chi connectivity index (χ0n) is 8.93. The van der Waals surface area contributed by atoms with Crippen molar-refractivity contribution in [2.75, 3.05) is 18.0 Å². The molecule has 2 unspecified atom stereocenters. The maximum absolute atomic E-state index is 10.7. The van der Waals surface area contributed by atoms with Gasteiger partial charge in [0.25, 0.3) is 6.01 Å². The zero-order chi connectivity index (χ0) is 11.1. The van der Waals surface area contributed by atoms with E-state index in [0.717, 1.165) is 24.9 Å². The SMILES string of the molecule is O=C(O)c1coc(N2CC3CCCC3C2)n1. The number of anilines is 1. The van der Waals surface area contributed by atoms with Gasteiger partial charge in [-0.15, -0.1) is 0 Å². The number of aromatic carboxylic acids is 1. The number of rotatable bonds is 2. The van der Waals surface area contributed by atoms with E-state index in [1.165, 1.54) is 25.5 Å². The van der Waals surface area contributed by atoms with E-state index in [0.29, 0.717) is 6.01 Å². The molecule has 5 nitrogen and oxygen atoms in total. The highest BCUT2D eigenvalue weighted by molar-refractivity contribution is 5.85. The van der Waals surface area contributed by atoms with Gasteiger partial charge in [-0.2, -0.15) is 4.98 Å². The fourth-order valence-corrected chi connectivity index (χ4v) is 2.90. The van der Waals surface area contributed by atoms with Crippen molar-refractivity contribution < 1.29 is 14.3 Å². The summed E-state index contributed by atoms with van der Waals surface area (Å²) in [5.74, 6) is 0.467. The smallest absolute Gasteiger partial charge is 0.357 e. The number of carboxylic acid groups (broad SMARTS) is 1. The molecule has 1 aromatic rings. The molecule has 1 aromatic heterocycles. The molecule has 86 valence electrons. The van der Waals surface area contributed by atoms with Crippen LogP contribution in [0.4, 0.5) is 6.01 Å². The molecule has 2 atom stereocenters. The maximum Gasteiger partial charge on any atom is 0.357 e. The van der Waals surface area contributed by atoms with E-state index >= 15 is 0 Å². The van der Waals surface area contributed by atoms with Crippen LogP contribution in [-0.2, 0) is 0 Å². The van der Waals surface area contributed by atoms with Crippen molar-refractivity contribution in [2.45, 2.75) is 19.3 Å². The molecule has 0 spiro atoms. The topological polar surface area (TPSA) is 66.6 Å². The van der Waals surface area contributed by atoms with E-state index in [-0.39, 0.29) is 5.69 Å². The van der Waals surface area contributed by atoms with Crippen molar-refractivity contribution in [3.63, 3.8) is 0 Å². The largest absolute Gasteiger partial charge is 0.476 e. The molecule has 1 saturated heterocycles. The van der Waals surface area contributed by atoms with Gasteiger partial charge in [0.05, 0.1) is 0 Å². The minimum Gasteiger partial charge on any atom is -0.476 e. The molecule has 3 rings (SSSR count). The highest BCUT2D eigenvalue weighted by atomic mass is 16.4. The van der Waals surface area contributed by atoms with Crippen LogP contribution >= 0.6 is 0 Å². The monoisotopic (exact) mass is 222 g/mol. The van der Waals surface area contributed by atoms with Crippen molar-refractivity contribution in [1.29, 1.82) is 0 Å². The van der Waals surface area contributed by atoms with E-state index in [9.17, 15) is 4.79 Å². The first-order valence-electron chi connectivity index (χ1n) is 5.68. The Hall–Kier alpha value is -1.52. The number of fused-ring (bicyclic) bond motifs is 1. The normalized spacial score (nSPS) is 28.4. The molecule has 16 heavy (non-hydrogen) atoms. The average molecular weight is 222 g/mol. The van der Waals surface area contributed by atoms with Crippen molar-refractivity contribution >= 4 is 12.0 Å². The molecular weight excluding hydrogens is 208 g/mol. The van der Waals surface area contributed by atoms with Gasteiger partial charge in [-0.25, -0.2) is 4.79 Å². The Morgan fingerprint density at radius 2 is 2.12 bits per heavy atom. The fraction of sp³-hybridized carbons (Fsp3) is 0.636. The lowest BCUT2D eigenvalue weighted by atomic mass is 10.0. The molecular formula is C11H14N2O3. The number of carbonyl (C=O) groups is 1. The molecule has 0 amide bonds. The van der Waals surface area contributed by atoms with Gasteiger partial charge in [0.2, 0.25) is 0 Å². The Morgan fingerprint density at radius 1 is 1.44 bits per heavy atom. The summed E-state index contributed by atoms with van der Waals surface area (Å²) in [6.45, 7) is 1.93. The molecule has 1 aliphatic heterocycles. The molecule has 0 bridgehead atoms. The Kier molecular flexibility index (Phi) is 2.12. The van der Waals surface area contributed by atoms with Gasteiger partial charge in [0.15, 0.2) is 5.69 Å². The number of carboxylic acids is 1.